The number of nitrogens with one attached hydrogen (secondary N) is 2. The van der Waals surface area contributed by atoms with Gasteiger partial charge in [-0.1, -0.05) is 40.3 Å². The molecule has 3 aliphatic heterocycles. The minimum absolute atomic E-state index is 0.0194. The molecule has 1 unspecified atom stereocenters. The number of hydrogen-bond acceptors (Lipinski definition) is 11. The van der Waals surface area contributed by atoms with Crippen LogP contribution in [0.5, 0.6) is 0 Å². The average molecular weight is 942 g/mol. The summed E-state index contributed by atoms with van der Waals surface area (Å²) in [4.78, 5) is 82.9. The molecular weight excluding hydrogens is 878 g/mol. The highest BCUT2D eigenvalue weighted by atomic mass is 32.1. The predicted octanol–water partition coefficient (Wildman–Crippen LogP) is 5.95. The molecule has 6 atom stereocenters. The first kappa shape index (κ1) is 49.2. The first-order valence-electron chi connectivity index (χ1n) is 23.0. The van der Waals surface area contributed by atoms with E-state index in [1.54, 1.807) is 27.2 Å². The Bertz CT molecular complexity index is 2520. The quantitative estimate of drug-likeness (QED) is 0.143. The van der Waals surface area contributed by atoms with Crippen LogP contribution in [-0.2, 0) is 48.0 Å². The van der Waals surface area contributed by atoms with Gasteiger partial charge in [0.1, 0.15) is 24.3 Å². The van der Waals surface area contributed by atoms with Crippen molar-refractivity contribution in [2.24, 2.45) is 11.3 Å². The summed E-state index contributed by atoms with van der Waals surface area (Å²) >= 11 is 1.37. The van der Waals surface area contributed by atoms with E-state index < -0.39 is 71.4 Å². The molecule has 1 aromatic carbocycles. The number of benzene rings is 1. The third-order valence-corrected chi connectivity index (χ3v) is 14.2. The Morgan fingerprint density at radius 2 is 1.93 bits per heavy atom. The normalized spacial score (nSPS) is 22.0. The van der Waals surface area contributed by atoms with Crippen molar-refractivity contribution in [1.82, 2.24) is 45.0 Å². The van der Waals surface area contributed by atoms with Crippen molar-refractivity contribution in [3.8, 4) is 22.5 Å². The van der Waals surface area contributed by atoms with Crippen LogP contribution in [0.4, 0.5) is 9.18 Å². The first-order chi connectivity index (χ1) is 31.9. The number of urea groups is 1. The topological polar surface area (TPSA) is 172 Å². The van der Waals surface area contributed by atoms with E-state index in [0.717, 1.165) is 45.1 Å². The van der Waals surface area contributed by atoms with E-state index in [1.807, 2.05) is 24.4 Å². The highest BCUT2D eigenvalue weighted by molar-refractivity contribution is 7.10. The molecule has 2 saturated heterocycles. The maximum Gasteiger partial charge on any atom is 0.324 e. The summed E-state index contributed by atoms with van der Waals surface area (Å²) in [5, 5.41) is 7.89. The van der Waals surface area contributed by atoms with Gasteiger partial charge in [0.15, 0.2) is 0 Å². The smallest absolute Gasteiger partial charge is 0.324 e. The van der Waals surface area contributed by atoms with E-state index in [0.29, 0.717) is 36.5 Å². The van der Waals surface area contributed by atoms with Crippen molar-refractivity contribution in [2.45, 2.75) is 110 Å². The third-order valence-electron chi connectivity index (χ3n) is 13.3. The molecule has 7 rings (SSSR count). The average Bonchev–Trinajstić information content (AvgIpc) is 4.03. The molecule has 18 heteroatoms. The number of cyclic esters (lactones) is 1. The minimum atomic E-state index is -1.50. The van der Waals surface area contributed by atoms with E-state index >= 15 is 4.39 Å². The number of aryl methyl sites for hydroxylation is 1. The zero-order chi connectivity index (χ0) is 48.5. The largest absolute Gasteiger partial charge is 0.464 e. The highest BCUT2D eigenvalue weighted by Crippen LogP contribution is 2.42. The fourth-order valence-electron chi connectivity index (χ4n) is 9.66. The number of likely N-dealkylation sites (N-methyl/N-ethyl adjacent to an activating group) is 2. The second kappa shape index (κ2) is 20.2. The Morgan fingerprint density at radius 3 is 2.63 bits per heavy atom. The van der Waals surface area contributed by atoms with Crippen LogP contribution in [-0.4, -0.2) is 142 Å². The lowest BCUT2D eigenvalue weighted by Gasteiger charge is -2.37. The van der Waals surface area contributed by atoms with E-state index in [9.17, 15) is 24.0 Å². The molecule has 6 bridgehead atoms. The van der Waals surface area contributed by atoms with Crippen LogP contribution in [0.2, 0.25) is 0 Å². The molecule has 6 heterocycles. The van der Waals surface area contributed by atoms with Crippen LogP contribution in [0.3, 0.4) is 0 Å². The molecule has 360 valence electrons. The van der Waals surface area contributed by atoms with Crippen LogP contribution in [0.1, 0.15) is 76.8 Å². The molecule has 4 aromatic rings. The SMILES string of the molecule is C=CC(=O)N(C)[C@H]1CN(C(=O)N(C)[C@H](C(=O)N[C@H]2Cc3nc(cs3)-c3ccc4c(c3)c(c(-c3cccnc3[C@H](C)OC)n4CC)CC(C)(C)COC(=O)C3CCCN(N3)C2=O)C(C)C)C[C@@H]1F. The number of hydrazine groups is 1. The fourth-order valence-corrected chi connectivity index (χ4v) is 10.5. The number of nitrogens with zero attached hydrogens (tertiary/aromatic N) is 7. The van der Waals surface area contributed by atoms with Crippen LogP contribution >= 0.6 is 11.3 Å². The van der Waals surface area contributed by atoms with Gasteiger partial charge in [-0.3, -0.25) is 29.2 Å². The van der Waals surface area contributed by atoms with Crippen molar-refractivity contribution >= 4 is 52.0 Å². The van der Waals surface area contributed by atoms with Crippen molar-refractivity contribution in [2.75, 3.05) is 47.4 Å². The Kier molecular flexibility index (Phi) is 14.9. The molecule has 16 nitrogen and oxygen atoms in total. The number of likely N-dealkylation sites (tertiary alicyclic amines) is 1. The number of amides is 5. The van der Waals surface area contributed by atoms with Gasteiger partial charge in [-0.2, -0.15) is 0 Å². The van der Waals surface area contributed by atoms with Gasteiger partial charge in [-0.05, 0) is 74.9 Å². The number of carbonyl (C=O) groups excluding carboxylic acids is 5. The molecule has 0 aliphatic carbocycles. The minimum Gasteiger partial charge on any atom is -0.464 e. The number of rotatable bonds is 10. The standard InChI is InChI=1S/C49H64FN9O7S/c1-11-41(60)55(8)39-25-57(24-34(39)50)48(64)56(9)43(28(3)4)45(61)53-36-22-40-52-37(26-67-40)30-17-18-38-32(21-30)33(44(58(38)12-2)31-15-13-19-51-42(31)29(5)65-10)23-49(6,7)27-66-47(63)35-16-14-20-59(54-35)46(36)62/h11,13,15,17-19,21,26,28-29,34-36,39,43,54H,1,12,14,16,20,22-25,27H2,2-10H3,(H,53,61)/t29-,34-,35?,36-,39-,43-/m0/s1. The van der Waals surface area contributed by atoms with Gasteiger partial charge < -0.3 is 34.1 Å². The molecule has 5 amide bonds. The van der Waals surface area contributed by atoms with Crippen molar-refractivity contribution in [3.63, 3.8) is 0 Å². The Hall–Kier alpha value is -5.72. The lowest BCUT2D eigenvalue weighted by Crippen LogP contribution is -2.62. The summed E-state index contributed by atoms with van der Waals surface area (Å²) in [7, 11) is 4.61. The predicted molar refractivity (Wildman–Crippen MR) is 254 cm³/mol. The van der Waals surface area contributed by atoms with Gasteiger partial charge in [-0.25, -0.2) is 19.6 Å². The van der Waals surface area contributed by atoms with Gasteiger partial charge in [-0.15, -0.1) is 11.3 Å². The molecular formula is C49H64FN9O7S. The summed E-state index contributed by atoms with van der Waals surface area (Å²) in [5.41, 5.74) is 9.05. The lowest BCUT2D eigenvalue weighted by atomic mass is 9.84. The molecule has 0 saturated carbocycles. The fraction of sp³-hybridized carbons (Fsp3) is 0.531. The number of pyridine rings is 1. The van der Waals surface area contributed by atoms with Gasteiger partial charge in [0.2, 0.25) is 11.8 Å². The van der Waals surface area contributed by atoms with Gasteiger partial charge >= 0.3 is 12.0 Å². The second-order valence-corrected chi connectivity index (χ2v) is 19.9. The monoisotopic (exact) mass is 941 g/mol. The van der Waals surface area contributed by atoms with Gasteiger partial charge in [0, 0.05) is 86.3 Å². The summed E-state index contributed by atoms with van der Waals surface area (Å²) < 4.78 is 29.5. The Morgan fingerprint density at radius 1 is 1.16 bits per heavy atom. The lowest BCUT2D eigenvalue weighted by molar-refractivity contribution is -0.155. The van der Waals surface area contributed by atoms with Crippen LogP contribution in [0.15, 0.2) is 54.6 Å². The zero-order valence-corrected chi connectivity index (χ0v) is 40.8. The summed E-state index contributed by atoms with van der Waals surface area (Å²) in [5.74, 6) is -2.44. The van der Waals surface area contributed by atoms with E-state index in [2.05, 4.69) is 60.9 Å². The molecule has 0 radical (unpaired) electrons. The van der Waals surface area contributed by atoms with Gasteiger partial charge in [0.05, 0.1) is 47.4 Å². The maximum atomic E-state index is 15.3. The summed E-state index contributed by atoms with van der Waals surface area (Å²) in [6, 6.07) is 5.80. The Labute approximate surface area is 395 Å². The molecule has 3 aromatic heterocycles. The summed E-state index contributed by atoms with van der Waals surface area (Å²) in [6.45, 7) is 16.0. The molecule has 0 spiro atoms. The number of aromatic nitrogens is 3. The number of thiazole rings is 1. The molecule has 2 fully saturated rings. The van der Waals surface area contributed by atoms with E-state index in [4.69, 9.17) is 19.4 Å². The van der Waals surface area contributed by atoms with Crippen LogP contribution < -0.4 is 10.7 Å². The number of halogens is 1. The number of carbonyl (C=O) groups is 5. The van der Waals surface area contributed by atoms with Crippen LogP contribution in [0, 0.1) is 11.3 Å². The van der Waals surface area contributed by atoms with Gasteiger partial charge in [0.25, 0.3) is 5.91 Å². The maximum absolute atomic E-state index is 15.3. The van der Waals surface area contributed by atoms with E-state index in [-0.39, 0.29) is 38.8 Å². The zero-order valence-electron chi connectivity index (χ0n) is 40.0. The summed E-state index contributed by atoms with van der Waals surface area (Å²) in [6.07, 6.45) is 2.62. The number of esters is 1. The molecule has 3 aliphatic rings. The number of methoxy groups -OCH3 is 1. The number of fused-ring (bicyclic) bond motifs is 6. The van der Waals surface area contributed by atoms with Crippen molar-refractivity contribution < 1.29 is 37.8 Å². The Balaban J connectivity index is 1.25. The van der Waals surface area contributed by atoms with Crippen molar-refractivity contribution in [1.29, 1.82) is 0 Å². The second-order valence-electron chi connectivity index (χ2n) is 19.0. The van der Waals surface area contributed by atoms with Crippen molar-refractivity contribution in [3.05, 3.63) is 70.8 Å². The molecule has 2 N–H and O–H groups in total. The third kappa shape index (κ3) is 10.1. The highest BCUT2D eigenvalue weighted by Gasteiger charge is 2.43. The first-order valence-corrected chi connectivity index (χ1v) is 23.9. The number of alkyl halides is 1. The number of hydrogen-bond donors (Lipinski definition) is 2. The van der Waals surface area contributed by atoms with Crippen LogP contribution in [0.25, 0.3) is 33.4 Å². The van der Waals surface area contributed by atoms with E-state index in [1.165, 1.54) is 45.1 Å². The molecule has 67 heavy (non-hydrogen) atoms. The number of ether oxygens (including phenoxy) is 2.